The smallest absolute Gasteiger partial charge is 0.253 e. The highest BCUT2D eigenvalue weighted by Crippen LogP contribution is 2.11. The zero-order valence-electron chi connectivity index (χ0n) is 11.6. The van der Waals surface area contributed by atoms with E-state index in [-0.39, 0.29) is 24.4 Å². The summed E-state index contributed by atoms with van der Waals surface area (Å²) in [6, 6.07) is 9.24. The van der Waals surface area contributed by atoms with Crippen molar-refractivity contribution < 1.29 is 4.79 Å². The van der Waals surface area contributed by atoms with Gasteiger partial charge in [0.25, 0.3) is 5.91 Å². The first kappa shape index (κ1) is 16.2. The third-order valence-corrected chi connectivity index (χ3v) is 3.21. The molecule has 2 N–H and O–H groups in total. The quantitative estimate of drug-likeness (QED) is 0.934. The van der Waals surface area contributed by atoms with Crippen LogP contribution in [-0.4, -0.2) is 40.2 Å². The molecule has 1 aromatic heterocycles. The number of rotatable bonds is 4. The predicted molar refractivity (Wildman–Crippen MR) is 81.4 cm³/mol. The van der Waals surface area contributed by atoms with Gasteiger partial charge in [-0.3, -0.25) is 4.79 Å². The Morgan fingerprint density at radius 2 is 2.05 bits per heavy atom. The molecule has 5 nitrogen and oxygen atoms in total. The molecule has 0 spiro atoms. The fraction of sp³-hybridized carbons (Fsp3) is 0.286. The van der Waals surface area contributed by atoms with Gasteiger partial charge >= 0.3 is 0 Å². The molecule has 1 unspecified atom stereocenters. The van der Waals surface area contributed by atoms with E-state index in [0.717, 1.165) is 5.69 Å². The van der Waals surface area contributed by atoms with Gasteiger partial charge < -0.3 is 10.6 Å². The van der Waals surface area contributed by atoms with Crippen LogP contribution in [0.15, 0.2) is 42.7 Å². The molecule has 0 aliphatic rings. The predicted octanol–water partition coefficient (Wildman–Crippen LogP) is 1.71. The van der Waals surface area contributed by atoms with Crippen LogP contribution in [0.1, 0.15) is 17.3 Å². The SMILES string of the molecule is CC(CN)N(C)C(=O)c1ccc(-n2cccn2)cc1.Cl. The first-order valence-corrected chi connectivity index (χ1v) is 6.21. The van der Waals surface area contributed by atoms with E-state index in [0.29, 0.717) is 12.1 Å². The van der Waals surface area contributed by atoms with Gasteiger partial charge in [-0.2, -0.15) is 5.10 Å². The number of aromatic nitrogens is 2. The Morgan fingerprint density at radius 1 is 1.40 bits per heavy atom. The molecule has 0 radical (unpaired) electrons. The largest absolute Gasteiger partial charge is 0.338 e. The van der Waals surface area contributed by atoms with E-state index in [2.05, 4.69) is 5.10 Å². The van der Waals surface area contributed by atoms with Gasteiger partial charge in [0, 0.05) is 37.6 Å². The van der Waals surface area contributed by atoms with Crippen LogP contribution in [0.4, 0.5) is 0 Å². The number of nitrogens with zero attached hydrogens (tertiary/aromatic N) is 3. The molecule has 20 heavy (non-hydrogen) atoms. The van der Waals surface area contributed by atoms with Gasteiger partial charge in [-0.15, -0.1) is 12.4 Å². The van der Waals surface area contributed by atoms with E-state index in [9.17, 15) is 4.79 Å². The number of halogens is 1. The number of likely N-dealkylation sites (N-methyl/N-ethyl adjacent to an activating group) is 1. The fourth-order valence-corrected chi connectivity index (χ4v) is 1.74. The maximum atomic E-state index is 12.2. The van der Waals surface area contributed by atoms with E-state index in [4.69, 9.17) is 5.73 Å². The summed E-state index contributed by atoms with van der Waals surface area (Å²) in [6.45, 7) is 2.38. The molecule has 0 saturated heterocycles. The minimum atomic E-state index is -0.0232. The molecule has 0 aliphatic heterocycles. The Kier molecular flexibility index (Phi) is 5.73. The molecule has 0 fully saturated rings. The summed E-state index contributed by atoms with van der Waals surface area (Å²) in [6.07, 6.45) is 3.58. The second-order valence-electron chi connectivity index (χ2n) is 4.50. The van der Waals surface area contributed by atoms with E-state index in [1.807, 2.05) is 31.3 Å². The topological polar surface area (TPSA) is 64.2 Å². The minimum absolute atomic E-state index is 0. The number of hydrogen-bond donors (Lipinski definition) is 1. The van der Waals surface area contributed by atoms with E-state index in [1.54, 1.807) is 35.0 Å². The Bertz CT molecular complexity index is 539. The molecule has 1 amide bonds. The lowest BCUT2D eigenvalue weighted by atomic mass is 10.1. The van der Waals surface area contributed by atoms with Crippen LogP contribution < -0.4 is 5.73 Å². The van der Waals surface area contributed by atoms with Crippen LogP contribution in [0, 0.1) is 0 Å². The number of hydrogen-bond acceptors (Lipinski definition) is 3. The van der Waals surface area contributed by atoms with Crippen LogP contribution in [0.3, 0.4) is 0 Å². The van der Waals surface area contributed by atoms with Gasteiger partial charge in [0.1, 0.15) is 0 Å². The molecule has 1 atom stereocenters. The second-order valence-corrected chi connectivity index (χ2v) is 4.50. The van der Waals surface area contributed by atoms with Crippen molar-refractivity contribution in [1.29, 1.82) is 0 Å². The standard InChI is InChI=1S/C14H18N4O.ClH/c1-11(10-15)17(2)14(19)12-4-6-13(7-5-12)18-9-3-8-16-18;/h3-9,11H,10,15H2,1-2H3;1H. The molecular formula is C14H19ClN4O. The van der Waals surface area contributed by atoms with Crippen molar-refractivity contribution in [2.24, 2.45) is 5.73 Å². The zero-order valence-corrected chi connectivity index (χ0v) is 12.4. The number of nitrogens with two attached hydrogens (primary N) is 1. The van der Waals surface area contributed by atoms with Crippen LogP contribution in [0.5, 0.6) is 0 Å². The van der Waals surface area contributed by atoms with E-state index in [1.165, 1.54) is 0 Å². The van der Waals surface area contributed by atoms with Gasteiger partial charge in [0.2, 0.25) is 0 Å². The van der Waals surface area contributed by atoms with Crippen molar-refractivity contribution in [3.63, 3.8) is 0 Å². The monoisotopic (exact) mass is 294 g/mol. The highest BCUT2D eigenvalue weighted by Gasteiger charge is 2.16. The summed E-state index contributed by atoms with van der Waals surface area (Å²) < 4.78 is 1.75. The molecule has 2 aromatic rings. The number of amides is 1. The summed E-state index contributed by atoms with van der Waals surface area (Å²) in [5.41, 5.74) is 7.15. The summed E-state index contributed by atoms with van der Waals surface area (Å²) in [5.74, 6) is -0.0232. The van der Waals surface area contributed by atoms with Gasteiger partial charge in [-0.1, -0.05) is 0 Å². The molecule has 1 aromatic carbocycles. The van der Waals surface area contributed by atoms with Crippen molar-refractivity contribution in [3.8, 4) is 5.69 Å². The van der Waals surface area contributed by atoms with Crippen LogP contribution in [0.25, 0.3) is 5.69 Å². The molecule has 6 heteroatoms. The molecule has 108 valence electrons. The van der Waals surface area contributed by atoms with E-state index < -0.39 is 0 Å². The number of benzene rings is 1. The highest BCUT2D eigenvalue weighted by atomic mass is 35.5. The lowest BCUT2D eigenvalue weighted by molar-refractivity contribution is 0.0748. The lowest BCUT2D eigenvalue weighted by Crippen LogP contribution is -2.39. The van der Waals surface area contributed by atoms with Crippen molar-refractivity contribution in [2.45, 2.75) is 13.0 Å². The highest BCUT2D eigenvalue weighted by molar-refractivity contribution is 5.94. The molecule has 0 saturated carbocycles. The van der Waals surface area contributed by atoms with Gasteiger partial charge in [0.05, 0.1) is 5.69 Å². The third kappa shape index (κ3) is 3.37. The summed E-state index contributed by atoms with van der Waals surface area (Å²) in [5, 5.41) is 4.14. The van der Waals surface area contributed by atoms with Gasteiger partial charge in [-0.05, 0) is 37.3 Å². The van der Waals surface area contributed by atoms with E-state index >= 15 is 0 Å². The molecule has 2 rings (SSSR count). The minimum Gasteiger partial charge on any atom is -0.338 e. The number of carbonyl (C=O) groups excluding carboxylic acids is 1. The Labute approximate surface area is 124 Å². The molecule has 0 aliphatic carbocycles. The summed E-state index contributed by atoms with van der Waals surface area (Å²) in [7, 11) is 1.77. The number of carbonyl (C=O) groups is 1. The Hall–Kier alpha value is -1.85. The molecule has 0 bridgehead atoms. The zero-order chi connectivity index (χ0) is 13.8. The molecule has 1 heterocycles. The third-order valence-electron chi connectivity index (χ3n) is 3.21. The van der Waals surface area contributed by atoms with Crippen molar-refractivity contribution in [3.05, 3.63) is 48.3 Å². The Morgan fingerprint density at radius 3 is 2.55 bits per heavy atom. The van der Waals surface area contributed by atoms with Crippen LogP contribution in [-0.2, 0) is 0 Å². The van der Waals surface area contributed by atoms with Gasteiger partial charge in [0.15, 0.2) is 0 Å². The maximum Gasteiger partial charge on any atom is 0.253 e. The van der Waals surface area contributed by atoms with Crippen LogP contribution >= 0.6 is 12.4 Å². The first-order valence-electron chi connectivity index (χ1n) is 6.21. The maximum absolute atomic E-state index is 12.2. The fourth-order valence-electron chi connectivity index (χ4n) is 1.74. The van der Waals surface area contributed by atoms with Crippen molar-refractivity contribution >= 4 is 18.3 Å². The van der Waals surface area contributed by atoms with Crippen molar-refractivity contribution in [1.82, 2.24) is 14.7 Å². The summed E-state index contributed by atoms with van der Waals surface area (Å²) >= 11 is 0. The van der Waals surface area contributed by atoms with Crippen molar-refractivity contribution in [2.75, 3.05) is 13.6 Å². The first-order chi connectivity index (χ1) is 9.13. The summed E-state index contributed by atoms with van der Waals surface area (Å²) in [4.78, 5) is 13.8. The molecular weight excluding hydrogens is 276 g/mol. The average Bonchev–Trinajstić information content (AvgIpc) is 2.99. The average molecular weight is 295 g/mol. The Balaban J connectivity index is 0.00000200. The van der Waals surface area contributed by atoms with Crippen LogP contribution in [0.2, 0.25) is 0 Å². The van der Waals surface area contributed by atoms with Gasteiger partial charge in [-0.25, -0.2) is 4.68 Å². The lowest BCUT2D eigenvalue weighted by Gasteiger charge is -2.23. The normalized spacial score (nSPS) is 11.6. The second kappa shape index (κ2) is 7.07.